The molecule has 0 saturated carbocycles. The molecule has 4 aliphatic heterocycles. The van der Waals surface area contributed by atoms with Crippen molar-refractivity contribution in [1.82, 2.24) is 0 Å². The van der Waals surface area contributed by atoms with Crippen molar-refractivity contribution in [3.63, 3.8) is 0 Å². The van der Waals surface area contributed by atoms with E-state index in [-0.39, 0.29) is 0 Å². The van der Waals surface area contributed by atoms with Crippen LogP contribution >= 0.6 is 0 Å². The Kier molecular flexibility index (Phi) is 1.92. The molecule has 64 valence electrons. The lowest BCUT2D eigenvalue weighted by atomic mass is 9.86. The molecule has 4 fully saturated rings. The highest BCUT2D eigenvalue weighted by Gasteiger charge is 2.58. The van der Waals surface area contributed by atoms with Gasteiger partial charge in [0.25, 0.3) is 0 Å². The zero-order chi connectivity index (χ0) is 8.84. The second kappa shape index (κ2) is 3.00. The van der Waals surface area contributed by atoms with Crippen LogP contribution in [0.4, 0.5) is 0 Å². The highest BCUT2D eigenvalue weighted by molar-refractivity contribution is 6.79. The van der Waals surface area contributed by atoms with Crippen molar-refractivity contribution in [1.29, 1.82) is 0 Å². The van der Waals surface area contributed by atoms with Crippen LogP contribution < -0.4 is 0 Å². The van der Waals surface area contributed by atoms with Crippen molar-refractivity contribution in [3.8, 4) is 0 Å². The predicted molar refractivity (Wildman–Crippen MR) is 38.6 cm³/mol. The third kappa shape index (κ3) is 1.53. The normalized spacial score (nSPS) is 27.0. The van der Waals surface area contributed by atoms with Crippen LogP contribution in [-0.4, -0.2) is 41.6 Å². The first-order chi connectivity index (χ1) is 6.29. The van der Waals surface area contributed by atoms with Crippen LogP contribution in [0, 0.1) is 0 Å². The summed E-state index contributed by atoms with van der Waals surface area (Å²) in [7, 11) is -5.69. The number of fused-ring (bicyclic) bond motifs is 2. The summed E-state index contributed by atoms with van der Waals surface area (Å²) >= 11 is 0. The molecule has 0 atom stereocenters. The minimum absolute atomic E-state index is 0.963. The maximum Gasteiger partial charge on any atom is 0.612 e. The maximum atomic E-state index is 9.02. The molecule has 0 unspecified atom stereocenters. The number of hydrogen-bond donors (Lipinski definition) is 1. The average molecular weight is 183 g/mol. The van der Waals surface area contributed by atoms with Crippen molar-refractivity contribution in [3.05, 3.63) is 0 Å². The van der Waals surface area contributed by atoms with E-state index in [1.807, 2.05) is 0 Å². The molecule has 4 saturated heterocycles. The lowest BCUT2D eigenvalue weighted by Crippen LogP contribution is -2.65. The summed E-state index contributed by atoms with van der Waals surface area (Å²) in [5.41, 5.74) is 0. The van der Waals surface area contributed by atoms with Gasteiger partial charge in [-0.3, -0.25) is 0 Å². The minimum atomic E-state index is -1.52. The third-order valence-electron chi connectivity index (χ3n) is 1.57. The van der Waals surface area contributed by atoms with Crippen molar-refractivity contribution in [2.45, 2.75) is 0 Å². The first-order valence-corrected chi connectivity index (χ1v) is 3.56. The first-order valence-electron chi connectivity index (χ1n) is 3.56. The van der Waals surface area contributed by atoms with Crippen molar-refractivity contribution >= 4 is 36.6 Å². The van der Waals surface area contributed by atoms with Gasteiger partial charge in [0.15, 0.2) is 0 Å². The van der Waals surface area contributed by atoms with Gasteiger partial charge in [-0.15, -0.1) is 0 Å². The van der Waals surface area contributed by atoms with E-state index in [1.165, 1.54) is 0 Å². The molecule has 0 aliphatic carbocycles. The Labute approximate surface area is 74.6 Å². The van der Waals surface area contributed by atoms with E-state index in [9.17, 15) is 0 Å². The maximum absolute atomic E-state index is 9.02. The lowest BCUT2D eigenvalue weighted by Gasteiger charge is -2.37. The van der Waals surface area contributed by atoms with Gasteiger partial charge < -0.3 is 37.0 Å². The summed E-state index contributed by atoms with van der Waals surface area (Å²) in [6.45, 7) is 0. The van der Waals surface area contributed by atoms with Crippen LogP contribution in [0.2, 0.25) is 0 Å². The number of rotatable bonds is 0. The van der Waals surface area contributed by atoms with Crippen LogP contribution in [0.25, 0.3) is 0 Å². The molecular weight excluding hydrogens is 182 g/mol. The van der Waals surface area contributed by atoms with E-state index in [4.69, 9.17) is 37.0 Å². The van der Waals surface area contributed by atoms with Crippen LogP contribution in [-0.2, 0) is 32.0 Å². The van der Waals surface area contributed by atoms with Crippen molar-refractivity contribution in [2.75, 3.05) is 0 Å². The Balaban J connectivity index is 1.83. The zero-order valence-corrected chi connectivity index (χ0v) is 6.19. The highest BCUT2D eigenvalue weighted by Crippen LogP contribution is 2.21. The van der Waals surface area contributed by atoms with E-state index in [1.54, 1.807) is 0 Å². The summed E-state index contributed by atoms with van der Waals surface area (Å²) in [5, 5.41) is 9.02. The van der Waals surface area contributed by atoms with E-state index in [0.717, 1.165) is 0 Å². The van der Waals surface area contributed by atoms with Gasteiger partial charge in [0.2, 0.25) is 0 Å². The Morgan fingerprint density at radius 2 is 0.846 bits per heavy atom. The van der Waals surface area contributed by atoms with Crippen molar-refractivity contribution in [2.24, 2.45) is 0 Å². The molecule has 0 aromatic rings. The molecule has 13 heavy (non-hydrogen) atoms. The molecule has 0 aromatic carbocycles. The molecule has 1 N–H and O–H groups in total. The van der Waals surface area contributed by atoms with Gasteiger partial charge in [0, 0.05) is 0 Å². The summed E-state index contributed by atoms with van der Waals surface area (Å²) in [5.74, 6) is 0. The van der Waals surface area contributed by atoms with E-state index >= 15 is 0 Å². The second-order valence-corrected chi connectivity index (χ2v) is 2.41. The standard InChI is InChI=1S/B5HO8/c6-1-7-2-9-4-11-3(8-1)12-5(10-2)13-4/h6H. The average Bonchev–Trinajstić information content (AvgIpc) is 1.99. The van der Waals surface area contributed by atoms with Gasteiger partial charge >= 0.3 is 36.6 Å². The molecule has 0 radical (unpaired) electrons. The van der Waals surface area contributed by atoms with Gasteiger partial charge in [0.05, 0.1) is 0 Å². The smallest absolute Gasteiger partial charge is 0.403 e. The summed E-state index contributed by atoms with van der Waals surface area (Å²) in [6, 6.07) is 0. The summed E-state index contributed by atoms with van der Waals surface area (Å²) in [4.78, 5) is 0. The van der Waals surface area contributed by atoms with Crippen LogP contribution in [0.3, 0.4) is 0 Å². The Bertz CT molecular complexity index is 171. The fraction of sp³-hybridized carbons (Fsp3) is 0. The molecule has 4 aliphatic rings. The van der Waals surface area contributed by atoms with Gasteiger partial charge in [-0.25, -0.2) is 0 Å². The van der Waals surface area contributed by atoms with Gasteiger partial charge in [-0.2, -0.15) is 0 Å². The third-order valence-corrected chi connectivity index (χ3v) is 1.57. The molecule has 8 nitrogen and oxygen atoms in total. The van der Waals surface area contributed by atoms with Gasteiger partial charge in [0.1, 0.15) is 0 Å². The summed E-state index contributed by atoms with van der Waals surface area (Å²) < 4.78 is 33.8. The first kappa shape index (κ1) is 8.32. The quantitative estimate of drug-likeness (QED) is 0.399. The highest BCUT2D eigenvalue weighted by atomic mass is 17.0. The van der Waals surface area contributed by atoms with Gasteiger partial charge in [-0.05, 0) is 0 Å². The molecule has 13 heteroatoms. The second-order valence-electron chi connectivity index (χ2n) is 2.41. The Morgan fingerprint density at radius 1 is 0.538 bits per heavy atom. The fourth-order valence-corrected chi connectivity index (χ4v) is 1.06. The monoisotopic (exact) mass is 184 g/mol. The summed E-state index contributed by atoms with van der Waals surface area (Å²) in [6.07, 6.45) is 0. The molecule has 4 heterocycles. The van der Waals surface area contributed by atoms with E-state index < -0.39 is 36.6 Å². The molecule has 4 bridgehead atoms. The minimum Gasteiger partial charge on any atom is -0.403 e. The van der Waals surface area contributed by atoms with Crippen LogP contribution in [0.1, 0.15) is 0 Å². The van der Waals surface area contributed by atoms with Crippen LogP contribution in [0.15, 0.2) is 0 Å². The molecule has 4 rings (SSSR count). The van der Waals surface area contributed by atoms with Crippen molar-refractivity contribution < 1.29 is 37.0 Å². The lowest BCUT2D eigenvalue weighted by molar-refractivity contribution is 0.0550. The van der Waals surface area contributed by atoms with E-state index in [0.29, 0.717) is 0 Å². The fourth-order valence-electron chi connectivity index (χ4n) is 1.06. The Morgan fingerprint density at radius 3 is 1.23 bits per heavy atom. The van der Waals surface area contributed by atoms with Crippen LogP contribution in [0.5, 0.6) is 0 Å². The molecular formula is HB5O8. The zero-order valence-electron chi connectivity index (χ0n) is 6.19. The predicted octanol–water partition coefficient (Wildman–Crippen LogP) is -2.94. The SMILES string of the molecule is OB1OB2OB3OB(O1)OB(O2)O3. The largest absolute Gasteiger partial charge is 0.612 e. The van der Waals surface area contributed by atoms with E-state index in [2.05, 4.69) is 0 Å². The number of hydrogen-bond acceptors (Lipinski definition) is 8. The molecule has 0 amide bonds. The molecule has 0 aromatic heterocycles. The van der Waals surface area contributed by atoms with Gasteiger partial charge in [-0.1, -0.05) is 0 Å². The topological polar surface area (TPSA) is 84.8 Å². The molecule has 0 spiro atoms. The Hall–Kier alpha value is 0.00468.